The van der Waals surface area contributed by atoms with Gasteiger partial charge in [0.05, 0.1) is 0 Å². The zero-order chi connectivity index (χ0) is 10.0. The summed E-state index contributed by atoms with van der Waals surface area (Å²) in [6, 6.07) is 0. The monoisotopic (exact) mass is 199 g/mol. The zero-order valence-corrected chi connectivity index (χ0v) is 8.81. The summed E-state index contributed by atoms with van der Waals surface area (Å²) in [6.07, 6.45) is 0.896. The second-order valence-electron chi connectivity index (χ2n) is 3.09. The van der Waals surface area contributed by atoms with Gasteiger partial charge in [-0.05, 0) is 18.6 Å². The maximum Gasteiger partial charge on any atom is 0.276 e. The summed E-state index contributed by atoms with van der Waals surface area (Å²) < 4.78 is 1.76. The molecule has 1 atom stereocenters. The molecule has 0 aromatic carbocycles. The highest BCUT2D eigenvalue weighted by atomic mass is 32.1. The summed E-state index contributed by atoms with van der Waals surface area (Å²) in [5.74, 6) is 0.172. The standard InChI is InChI=1S/C8H13N3OS/c1-4-5(2)6-7(12)11(3)8(13)10-9-6/h5H,4H2,1-3H3,(H,10,13). The van der Waals surface area contributed by atoms with Gasteiger partial charge in [-0.3, -0.25) is 14.5 Å². The topological polar surface area (TPSA) is 50.7 Å². The number of nitrogens with one attached hydrogen (secondary N) is 1. The minimum Gasteiger partial charge on any atom is -0.286 e. The maximum atomic E-state index is 11.6. The Balaban J connectivity index is 3.35. The molecular weight excluding hydrogens is 186 g/mol. The fraction of sp³-hybridized carbons (Fsp3) is 0.625. The Kier molecular flexibility index (Phi) is 2.98. The lowest BCUT2D eigenvalue weighted by Gasteiger charge is -2.07. The van der Waals surface area contributed by atoms with Crippen LogP contribution in [0.3, 0.4) is 0 Å². The molecule has 0 saturated heterocycles. The lowest BCUT2D eigenvalue weighted by Crippen LogP contribution is -2.26. The van der Waals surface area contributed by atoms with E-state index in [-0.39, 0.29) is 11.5 Å². The van der Waals surface area contributed by atoms with Gasteiger partial charge in [-0.15, -0.1) is 0 Å². The zero-order valence-electron chi connectivity index (χ0n) is 8.00. The highest BCUT2D eigenvalue weighted by Crippen LogP contribution is 2.10. The van der Waals surface area contributed by atoms with Gasteiger partial charge in [-0.25, -0.2) is 0 Å². The summed E-state index contributed by atoms with van der Waals surface area (Å²) in [5.41, 5.74) is 0.455. The van der Waals surface area contributed by atoms with Crippen LogP contribution in [0.4, 0.5) is 0 Å². The van der Waals surface area contributed by atoms with Crippen molar-refractivity contribution in [1.29, 1.82) is 0 Å². The minimum atomic E-state index is -0.0990. The van der Waals surface area contributed by atoms with Gasteiger partial charge >= 0.3 is 0 Å². The molecular formula is C8H13N3OS. The molecule has 1 heterocycles. The number of nitrogens with zero attached hydrogens (tertiary/aromatic N) is 2. The molecule has 1 N–H and O–H groups in total. The molecule has 13 heavy (non-hydrogen) atoms. The maximum absolute atomic E-state index is 11.6. The molecule has 1 unspecified atom stereocenters. The van der Waals surface area contributed by atoms with Crippen LogP contribution in [0.25, 0.3) is 0 Å². The molecule has 0 bridgehead atoms. The number of aromatic nitrogens is 3. The van der Waals surface area contributed by atoms with Gasteiger partial charge in [-0.1, -0.05) is 13.8 Å². The fourth-order valence-electron chi connectivity index (χ4n) is 1.01. The van der Waals surface area contributed by atoms with Crippen LogP contribution in [0.1, 0.15) is 31.9 Å². The third-order valence-corrected chi connectivity index (χ3v) is 2.54. The molecule has 1 rings (SSSR count). The van der Waals surface area contributed by atoms with Gasteiger partial charge in [-0.2, -0.15) is 5.10 Å². The van der Waals surface area contributed by atoms with Crippen molar-refractivity contribution in [3.63, 3.8) is 0 Å². The van der Waals surface area contributed by atoms with E-state index in [1.807, 2.05) is 13.8 Å². The van der Waals surface area contributed by atoms with Crippen LogP contribution in [-0.4, -0.2) is 14.8 Å². The van der Waals surface area contributed by atoms with Crippen molar-refractivity contribution in [2.45, 2.75) is 26.2 Å². The second-order valence-corrected chi connectivity index (χ2v) is 3.47. The third-order valence-electron chi connectivity index (χ3n) is 2.18. The Morgan fingerprint density at radius 2 is 2.31 bits per heavy atom. The molecule has 5 heteroatoms. The van der Waals surface area contributed by atoms with Crippen molar-refractivity contribution in [2.24, 2.45) is 7.05 Å². The first-order chi connectivity index (χ1) is 6.07. The average Bonchev–Trinajstić information content (AvgIpc) is 2.13. The average molecular weight is 199 g/mol. The normalized spacial score (nSPS) is 12.8. The molecule has 0 fully saturated rings. The molecule has 1 aromatic heterocycles. The van der Waals surface area contributed by atoms with E-state index < -0.39 is 0 Å². The van der Waals surface area contributed by atoms with Crippen molar-refractivity contribution in [3.8, 4) is 0 Å². The van der Waals surface area contributed by atoms with E-state index >= 15 is 0 Å². The smallest absolute Gasteiger partial charge is 0.276 e. The van der Waals surface area contributed by atoms with E-state index in [2.05, 4.69) is 10.2 Å². The van der Waals surface area contributed by atoms with Crippen molar-refractivity contribution in [2.75, 3.05) is 0 Å². The number of hydrogen-bond acceptors (Lipinski definition) is 3. The highest BCUT2D eigenvalue weighted by molar-refractivity contribution is 7.71. The lowest BCUT2D eigenvalue weighted by atomic mass is 10.1. The molecule has 0 amide bonds. The van der Waals surface area contributed by atoms with E-state index in [1.54, 1.807) is 7.05 Å². The highest BCUT2D eigenvalue weighted by Gasteiger charge is 2.10. The lowest BCUT2D eigenvalue weighted by molar-refractivity contribution is 0.633. The number of rotatable bonds is 2. The Bertz CT molecular complexity index is 407. The van der Waals surface area contributed by atoms with Crippen LogP contribution in [0.15, 0.2) is 4.79 Å². The Morgan fingerprint density at radius 1 is 1.69 bits per heavy atom. The number of aromatic amines is 1. The van der Waals surface area contributed by atoms with Crippen LogP contribution >= 0.6 is 12.2 Å². The van der Waals surface area contributed by atoms with Crippen molar-refractivity contribution in [3.05, 3.63) is 20.8 Å². The Morgan fingerprint density at radius 3 is 2.85 bits per heavy atom. The van der Waals surface area contributed by atoms with E-state index in [1.165, 1.54) is 4.57 Å². The molecule has 0 saturated carbocycles. The van der Waals surface area contributed by atoms with Gasteiger partial charge < -0.3 is 0 Å². The first-order valence-corrected chi connectivity index (χ1v) is 4.64. The Hall–Kier alpha value is -0.970. The predicted molar refractivity (Wildman–Crippen MR) is 53.4 cm³/mol. The summed E-state index contributed by atoms with van der Waals surface area (Å²) in [7, 11) is 1.65. The van der Waals surface area contributed by atoms with Gasteiger partial charge in [0.1, 0.15) is 5.69 Å². The third kappa shape index (κ3) is 1.85. The van der Waals surface area contributed by atoms with Gasteiger partial charge in [0, 0.05) is 13.0 Å². The van der Waals surface area contributed by atoms with Crippen LogP contribution in [-0.2, 0) is 7.05 Å². The van der Waals surface area contributed by atoms with Gasteiger partial charge in [0.2, 0.25) is 0 Å². The molecule has 1 aromatic rings. The van der Waals surface area contributed by atoms with E-state index in [0.29, 0.717) is 10.5 Å². The number of hydrogen-bond donors (Lipinski definition) is 1. The quantitative estimate of drug-likeness (QED) is 0.731. The van der Waals surface area contributed by atoms with Crippen LogP contribution < -0.4 is 5.56 Å². The second kappa shape index (κ2) is 3.83. The number of H-pyrrole nitrogens is 1. The van der Waals surface area contributed by atoms with Crippen molar-refractivity contribution >= 4 is 12.2 Å². The summed E-state index contributed by atoms with van der Waals surface area (Å²) >= 11 is 4.87. The molecule has 72 valence electrons. The summed E-state index contributed by atoms with van der Waals surface area (Å²) in [4.78, 5) is 11.6. The van der Waals surface area contributed by atoms with Gasteiger partial charge in [0.15, 0.2) is 4.77 Å². The minimum absolute atomic E-state index is 0.0990. The SMILES string of the molecule is CCC(C)c1n[nH]c(=S)n(C)c1=O. The van der Waals surface area contributed by atoms with Crippen molar-refractivity contribution in [1.82, 2.24) is 14.8 Å². The fourth-order valence-corrected chi connectivity index (χ4v) is 1.14. The molecule has 0 radical (unpaired) electrons. The molecule has 4 nitrogen and oxygen atoms in total. The van der Waals surface area contributed by atoms with E-state index in [0.717, 1.165) is 6.42 Å². The van der Waals surface area contributed by atoms with Crippen LogP contribution in [0.2, 0.25) is 0 Å². The van der Waals surface area contributed by atoms with Gasteiger partial charge in [0.25, 0.3) is 5.56 Å². The first-order valence-electron chi connectivity index (χ1n) is 4.23. The predicted octanol–water partition coefficient (Wildman–Crippen LogP) is 1.35. The van der Waals surface area contributed by atoms with E-state index in [9.17, 15) is 4.79 Å². The molecule has 0 aliphatic carbocycles. The van der Waals surface area contributed by atoms with Crippen LogP contribution in [0, 0.1) is 4.77 Å². The first kappa shape index (κ1) is 10.1. The van der Waals surface area contributed by atoms with E-state index in [4.69, 9.17) is 12.2 Å². The molecule has 0 aliphatic rings. The summed E-state index contributed by atoms with van der Waals surface area (Å²) in [5, 5.41) is 6.60. The van der Waals surface area contributed by atoms with Crippen LogP contribution in [0.5, 0.6) is 0 Å². The molecule has 0 spiro atoms. The summed E-state index contributed by atoms with van der Waals surface area (Å²) in [6.45, 7) is 3.99. The Labute approximate surface area is 81.6 Å². The molecule has 0 aliphatic heterocycles. The largest absolute Gasteiger partial charge is 0.286 e. The van der Waals surface area contributed by atoms with Crippen molar-refractivity contribution < 1.29 is 0 Å².